The quantitative estimate of drug-likeness (QED) is 0.793. The van der Waals surface area contributed by atoms with Crippen LogP contribution in [-0.2, 0) is 9.47 Å². The number of hydrogen-bond donors (Lipinski definition) is 2. The molecular formula is C16H24N6O3. The van der Waals surface area contributed by atoms with Gasteiger partial charge in [0.05, 0.1) is 12.2 Å². The largest absolute Gasteiger partial charge is 0.381 e. The van der Waals surface area contributed by atoms with Crippen LogP contribution >= 0.6 is 0 Å². The fourth-order valence-corrected chi connectivity index (χ4v) is 2.77. The van der Waals surface area contributed by atoms with Crippen LogP contribution in [0.1, 0.15) is 31.2 Å². The standard InChI is InChI=1S/C16H24N6O3/c1-11-10-12(2)22-14(18-11)19-13(21-22)20-15(23)17-6-9-25-16(3)4-7-24-8-5-16/h10H,4-9H2,1-3H3,(H2,17,20,21,23). The average molecular weight is 348 g/mol. The molecule has 2 aromatic rings. The number of aromatic nitrogens is 4. The van der Waals surface area contributed by atoms with Gasteiger partial charge in [0, 0.05) is 31.1 Å². The molecule has 3 rings (SSSR count). The smallest absolute Gasteiger partial charge is 0.321 e. The van der Waals surface area contributed by atoms with Gasteiger partial charge in [-0.1, -0.05) is 0 Å². The van der Waals surface area contributed by atoms with Crippen molar-refractivity contribution >= 4 is 17.8 Å². The van der Waals surface area contributed by atoms with Crippen molar-refractivity contribution in [3.8, 4) is 0 Å². The number of anilines is 1. The molecule has 0 aliphatic carbocycles. The number of urea groups is 1. The van der Waals surface area contributed by atoms with Crippen molar-refractivity contribution < 1.29 is 14.3 Å². The van der Waals surface area contributed by atoms with Gasteiger partial charge in [-0.3, -0.25) is 5.32 Å². The number of nitrogens with one attached hydrogen (secondary N) is 2. The lowest BCUT2D eigenvalue weighted by atomic mass is 9.97. The van der Waals surface area contributed by atoms with Crippen LogP contribution in [0.3, 0.4) is 0 Å². The molecule has 3 heterocycles. The first kappa shape index (κ1) is 17.6. The zero-order chi connectivity index (χ0) is 17.9. The minimum Gasteiger partial charge on any atom is -0.381 e. The highest BCUT2D eigenvalue weighted by Gasteiger charge is 2.27. The van der Waals surface area contributed by atoms with Gasteiger partial charge in [0.1, 0.15) is 0 Å². The van der Waals surface area contributed by atoms with Gasteiger partial charge in [0.2, 0.25) is 0 Å². The molecular weight excluding hydrogens is 324 g/mol. The molecule has 25 heavy (non-hydrogen) atoms. The number of amides is 2. The Morgan fingerprint density at radius 2 is 2.12 bits per heavy atom. The van der Waals surface area contributed by atoms with Gasteiger partial charge in [-0.25, -0.2) is 9.78 Å². The summed E-state index contributed by atoms with van der Waals surface area (Å²) in [6.07, 6.45) is 1.74. The summed E-state index contributed by atoms with van der Waals surface area (Å²) in [6.45, 7) is 8.17. The molecule has 0 spiro atoms. The Bertz CT molecular complexity index is 754. The van der Waals surface area contributed by atoms with E-state index in [4.69, 9.17) is 9.47 Å². The minimum absolute atomic E-state index is 0.166. The summed E-state index contributed by atoms with van der Waals surface area (Å²) >= 11 is 0. The molecule has 0 saturated carbocycles. The Morgan fingerprint density at radius 1 is 1.36 bits per heavy atom. The average Bonchev–Trinajstić information content (AvgIpc) is 2.95. The monoisotopic (exact) mass is 348 g/mol. The SMILES string of the molecule is Cc1cc(C)n2nc(NC(=O)NCCOC3(C)CCOCC3)nc2n1. The van der Waals surface area contributed by atoms with Crippen LogP contribution in [0, 0.1) is 13.8 Å². The summed E-state index contributed by atoms with van der Waals surface area (Å²) in [7, 11) is 0. The summed E-state index contributed by atoms with van der Waals surface area (Å²) in [5.41, 5.74) is 1.59. The normalized spacial score (nSPS) is 16.8. The molecule has 9 nitrogen and oxygen atoms in total. The van der Waals surface area contributed by atoms with Crippen LogP contribution in [0.25, 0.3) is 5.78 Å². The van der Waals surface area contributed by atoms with Crippen molar-refractivity contribution in [2.24, 2.45) is 0 Å². The van der Waals surface area contributed by atoms with E-state index in [-0.39, 0.29) is 17.6 Å². The van der Waals surface area contributed by atoms with E-state index in [9.17, 15) is 4.79 Å². The molecule has 0 bridgehead atoms. The molecule has 136 valence electrons. The van der Waals surface area contributed by atoms with Gasteiger partial charge in [-0.15, -0.1) is 5.10 Å². The third kappa shape index (κ3) is 4.43. The van der Waals surface area contributed by atoms with Crippen LogP contribution in [0.15, 0.2) is 6.07 Å². The van der Waals surface area contributed by atoms with E-state index in [0.717, 1.165) is 37.4 Å². The van der Waals surface area contributed by atoms with Crippen molar-refractivity contribution in [3.63, 3.8) is 0 Å². The third-order valence-electron chi connectivity index (χ3n) is 4.23. The van der Waals surface area contributed by atoms with Crippen LogP contribution in [0.5, 0.6) is 0 Å². The predicted octanol–water partition coefficient (Wildman–Crippen LogP) is 1.45. The minimum atomic E-state index is -0.369. The van der Waals surface area contributed by atoms with Gasteiger partial charge in [0.25, 0.3) is 11.7 Å². The van der Waals surface area contributed by atoms with Gasteiger partial charge < -0.3 is 14.8 Å². The van der Waals surface area contributed by atoms with Gasteiger partial charge in [0.15, 0.2) is 0 Å². The number of aryl methyl sites for hydroxylation is 2. The van der Waals surface area contributed by atoms with Crippen LogP contribution in [0.2, 0.25) is 0 Å². The molecule has 0 radical (unpaired) electrons. The summed E-state index contributed by atoms with van der Waals surface area (Å²) in [6, 6.07) is 1.53. The second kappa shape index (κ2) is 7.32. The van der Waals surface area contributed by atoms with Gasteiger partial charge in [-0.2, -0.15) is 9.50 Å². The second-order valence-corrected chi connectivity index (χ2v) is 6.48. The maximum Gasteiger partial charge on any atom is 0.321 e. The van der Waals surface area contributed by atoms with Gasteiger partial charge >= 0.3 is 6.03 Å². The zero-order valence-electron chi connectivity index (χ0n) is 14.8. The molecule has 2 N–H and O–H groups in total. The van der Waals surface area contributed by atoms with E-state index in [1.54, 1.807) is 4.52 Å². The lowest BCUT2D eigenvalue weighted by Gasteiger charge is -2.33. The van der Waals surface area contributed by atoms with E-state index >= 15 is 0 Å². The Kier molecular flexibility index (Phi) is 5.14. The van der Waals surface area contributed by atoms with Crippen molar-refractivity contribution in [1.82, 2.24) is 24.9 Å². The van der Waals surface area contributed by atoms with Crippen molar-refractivity contribution in [2.75, 3.05) is 31.7 Å². The lowest BCUT2D eigenvalue weighted by Crippen LogP contribution is -2.39. The number of carbonyl (C=O) groups is 1. The molecule has 1 aliphatic heterocycles. The number of ether oxygens (including phenoxy) is 2. The molecule has 1 saturated heterocycles. The van der Waals surface area contributed by atoms with E-state index < -0.39 is 0 Å². The summed E-state index contributed by atoms with van der Waals surface area (Å²) in [5.74, 6) is 0.680. The molecule has 0 aromatic carbocycles. The predicted molar refractivity (Wildman–Crippen MR) is 91.7 cm³/mol. The maximum absolute atomic E-state index is 12.0. The fraction of sp³-hybridized carbons (Fsp3) is 0.625. The summed E-state index contributed by atoms with van der Waals surface area (Å²) < 4.78 is 12.8. The highest BCUT2D eigenvalue weighted by molar-refractivity contribution is 5.87. The van der Waals surface area contributed by atoms with Crippen LogP contribution in [-0.4, -0.2) is 57.6 Å². The van der Waals surface area contributed by atoms with E-state index in [1.807, 2.05) is 19.9 Å². The van der Waals surface area contributed by atoms with Crippen LogP contribution < -0.4 is 10.6 Å². The zero-order valence-corrected chi connectivity index (χ0v) is 14.8. The maximum atomic E-state index is 12.0. The van der Waals surface area contributed by atoms with Gasteiger partial charge in [-0.05, 0) is 39.7 Å². The molecule has 0 unspecified atom stereocenters. The Balaban J connectivity index is 1.47. The highest BCUT2D eigenvalue weighted by Crippen LogP contribution is 2.23. The summed E-state index contributed by atoms with van der Waals surface area (Å²) in [5, 5.41) is 9.59. The number of hydrogen-bond acceptors (Lipinski definition) is 6. The number of carbonyl (C=O) groups excluding carboxylic acids is 1. The first-order chi connectivity index (χ1) is 12.0. The van der Waals surface area contributed by atoms with E-state index in [0.29, 0.717) is 18.9 Å². The second-order valence-electron chi connectivity index (χ2n) is 6.48. The Labute approximate surface area is 146 Å². The van der Waals surface area contributed by atoms with E-state index in [2.05, 4.69) is 32.6 Å². The molecule has 1 fully saturated rings. The lowest BCUT2D eigenvalue weighted by molar-refractivity contribution is -0.0972. The topological polar surface area (TPSA) is 103 Å². The third-order valence-corrected chi connectivity index (χ3v) is 4.23. The fourth-order valence-electron chi connectivity index (χ4n) is 2.77. The molecule has 0 atom stereocenters. The first-order valence-electron chi connectivity index (χ1n) is 8.43. The van der Waals surface area contributed by atoms with Crippen molar-refractivity contribution in [2.45, 2.75) is 39.2 Å². The van der Waals surface area contributed by atoms with Crippen LogP contribution in [0.4, 0.5) is 10.7 Å². The van der Waals surface area contributed by atoms with Crippen molar-refractivity contribution in [1.29, 1.82) is 0 Å². The van der Waals surface area contributed by atoms with E-state index in [1.165, 1.54) is 0 Å². The Morgan fingerprint density at radius 3 is 2.88 bits per heavy atom. The first-order valence-corrected chi connectivity index (χ1v) is 8.43. The summed E-state index contributed by atoms with van der Waals surface area (Å²) in [4.78, 5) is 20.5. The number of fused-ring (bicyclic) bond motifs is 1. The number of nitrogens with zero attached hydrogens (tertiary/aromatic N) is 4. The highest BCUT2D eigenvalue weighted by atomic mass is 16.5. The van der Waals surface area contributed by atoms with Crippen molar-refractivity contribution in [3.05, 3.63) is 17.5 Å². The molecule has 2 amide bonds. The molecule has 2 aromatic heterocycles. The Hall–Kier alpha value is -2.26. The molecule has 9 heteroatoms. The molecule has 1 aliphatic rings. The number of rotatable bonds is 5.